The van der Waals surface area contributed by atoms with Gasteiger partial charge in [0.25, 0.3) is 5.91 Å². The van der Waals surface area contributed by atoms with Gasteiger partial charge in [0.15, 0.2) is 0 Å². The van der Waals surface area contributed by atoms with Crippen LogP contribution < -0.4 is 5.43 Å². The fourth-order valence-corrected chi connectivity index (χ4v) is 2.70. The lowest BCUT2D eigenvalue weighted by molar-refractivity contribution is -0.385. The van der Waals surface area contributed by atoms with Gasteiger partial charge in [-0.1, -0.05) is 39.1 Å². The number of aromatic hydroxyl groups is 1. The molecular formula is C14H8BrCl2N3O4. The normalized spacial score (nSPS) is 10.8. The van der Waals surface area contributed by atoms with E-state index in [0.717, 1.165) is 12.3 Å². The summed E-state index contributed by atoms with van der Waals surface area (Å²) in [5.74, 6) is -1.16. The van der Waals surface area contributed by atoms with E-state index in [1.807, 2.05) is 0 Å². The van der Waals surface area contributed by atoms with Gasteiger partial charge in [-0.25, -0.2) is 5.43 Å². The molecule has 2 N–H and O–H groups in total. The number of nitro groups is 1. The SMILES string of the molecule is O=C(N/N=C/c1cc(Br)cc([N+](=O)[O-])c1O)c1ccc(Cl)cc1Cl. The van der Waals surface area contributed by atoms with Gasteiger partial charge in [0.05, 0.1) is 21.7 Å². The Kier molecular flexibility index (Phi) is 5.76. The van der Waals surface area contributed by atoms with E-state index < -0.39 is 22.3 Å². The van der Waals surface area contributed by atoms with Gasteiger partial charge >= 0.3 is 5.69 Å². The Morgan fingerprint density at radius 1 is 1.33 bits per heavy atom. The molecule has 0 atom stereocenters. The number of hydrogen-bond donors (Lipinski definition) is 2. The highest BCUT2D eigenvalue weighted by Crippen LogP contribution is 2.32. The molecule has 2 aromatic rings. The molecule has 1 amide bonds. The van der Waals surface area contributed by atoms with Crippen LogP contribution in [0.25, 0.3) is 0 Å². The quantitative estimate of drug-likeness (QED) is 0.430. The van der Waals surface area contributed by atoms with Crippen molar-refractivity contribution in [1.82, 2.24) is 5.43 Å². The third-order valence-corrected chi connectivity index (χ3v) is 3.83. The molecule has 0 fully saturated rings. The van der Waals surface area contributed by atoms with Gasteiger partial charge < -0.3 is 5.11 Å². The Morgan fingerprint density at radius 2 is 2.04 bits per heavy atom. The molecule has 0 saturated heterocycles. The lowest BCUT2D eigenvalue weighted by Crippen LogP contribution is -2.18. The molecule has 0 heterocycles. The van der Waals surface area contributed by atoms with E-state index in [0.29, 0.717) is 9.50 Å². The number of amides is 1. The number of rotatable bonds is 4. The number of carbonyl (C=O) groups is 1. The number of phenols is 1. The van der Waals surface area contributed by atoms with Crippen molar-refractivity contribution in [2.24, 2.45) is 5.10 Å². The van der Waals surface area contributed by atoms with Crippen LogP contribution in [0.2, 0.25) is 10.0 Å². The molecule has 0 radical (unpaired) electrons. The van der Waals surface area contributed by atoms with Crippen molar-refractivity contribution in [2.75, 3.05) is 0 Å². The van der Waals surface area contributed by atoms with E-state index >= 15 is 0 Å². The molecule has 0 saturated carbocycles. The maximum Gasteiger partial charge on any atom is 0.312 e. The van der Waals surface area contributed by atoms with Crippen LogP contribution >= 0.6 is 39.1 Å². The average Bonchev–Trinajstić information content (AvgIpc) is 2.49. The van der Waals surface area contributed by atoms with Crippen molar-refractivity contribution in [3.05, 3.63) is 66.1 Å². The maximum absolute atomic E-state index is 12.0. The van der Waals surface area contributed by atoms with Gasteiger partial charge in [-0.05, 0) is 24.3 Å². The van der Waals surface area contributed by atoms with Crippen LogP contribution in [-0.4, -0.2) is 22.2 Å². The fourth-order valence-electron chi connectivity index (χ4n) is 1.74. The van der Waals surface area contributed by atoms with Crippen molar-refractivity contribution >= 4 is 56.9 Å². The Balaban J connectivity index is 2.20. The summed E-state index contributed by atoms with van der Waals surface area (Å²) in [6, 6.07) is 6.89. The van der Waals surface area contributed by atoms with E-state index in [1.54, 1.807) is 0 Å². The highest BCUT2D eigenvalue weighted by Gasteiger charge is 2.17. The smallest absolute Gasteiger partial charge is 0.312 e. The van der Waals surface area contributed by atoms with Gasteiger partial charge in [0.1, 0.15) is 0 Å². The van der Waals surface area contributed by atoms with E-state index in [4.69, 9.17) is 23.2 Å². The second-order valence-electron chi connectivity index (χ2n) is 4.44. The van der Waals surface area contributed by atoms with Crippen molar-refractivity contribution < 1.29 is 14.8 Å². The molecule has 124 valence electrons. The minimum absolute atomic E-state index is 0.0542. The van der Waals surface area contributed by atoms with Gasteiger partial charge in [-0.3, -0.25) is 14.9 Å². The molecule has 0 aliphatic heterocycles. The van der Waals surface area contributed by atoms with Crippen LogP contribution in [-0.2, 0) is 0 Å². The molecule has 0 bridgehead atoms. The average molecular weight is 433 g/mol. The molecule has 0 aliphatic carbocycles. The number of hydrazone groups is 1. The molecule has 7 nitrogen and oxygen atoms in total. The van der Waals surface area contributed by atoms with Gasteiger partial charge in [0.2, 0.25) is 5.75 Å². The molecule has 2 aromatic carbocycles. The summed E-state index contributed by atoms with van der Waals surface area (Å²) in [5, 5.41) is 24.9. The number of nitrogens with zero attached hydrogens (tertiary/aromatic N) is 2. The highest BCUT2D eigenvalue weighted by atomic mass is 79.9. The fraction of sp³-hybridized carbons (Fsp3) is 0. The molecule has 10 heteroatoms. The van der Waals surface area contributed by atoms with Crippen LogP contribution in [0.15, 0.2) is 39.9 Å². The number of phenolic OH excluding ortho intramolecular Hbond substituents is 1. The first-order valence-corrected chi connectivity index (χ1v) is 7.80. The lowest BCUT2D eigenvalue weighted by atomic mass is 10.2. The molecule has 0 aliphatic rings. The van der Waals surface area contributed by atoms with Crippen molar-refractivity contribution in [3.8, 4) is 5.75 Å². The molecule has 2 rings (SSSR count). The number of carbonyl (C=O) groups excluding carboxylic acids is 1. The summed E-state index contributed by atoms with van der Waals surface area (Å²) in [6.45, 7) is 0. The summed E-state index contributed by atoms with van der Waals surface area (Å²) in [7, 11) is 0. The maximum atomic E-state index is 12.0. The summed E-state index contributed by atoms with van der Waals surface area (Å²) in [5.41, 5.74) is 1.93. The summed E-state index contributed by atoms with van der Waals surface area (Å²) < 4.78 is 0.375. The third kappa shape index (κ3) is 4.22. The van der Waals surface area contributed by atoms with Gasteiger partial charge in [0, 0.05) is 21.1 Å². The monoisotopic (exact) mass is 431 g/mol. The predicted octanol–water partition coefficient (Wildman–Crippen LogP) is 4.13. The summed E-state index contributed by atoms with van der Waals surface area (Å²) in [4.78, 5) is 22.1. The first-order chi connectivity index (χ1) is 11.3. The second-order valence-corrected chi connectivity index (χ2v) is 6.20. The van der Waals surface area contributed by atoms with E-state index in [1.165, 1.54) is 24.3 Å². The van der Waals surface area contributed by atoms with Crippen molar-refractivity contribution in [2.45, 2.75) is 0 Å². The van der Waals surface area contributed by atoms with E-state index in [-0.39, 0.29) is 16.1 Å². The van der Waals surface area contributed by atoms with Crippen molar-refractivity contribution in [3.63, 3.8) is 0 Å². The number of hydrogen-bond acceptors (Lipinski definition) is 5. The van der Waals surface area contributed by atoms with Crippen LogP contribution in [0.3, 0.4) is 0 Å². The molecule has 0 aromatic heterocycles. The zero-order chi connectivity index (χ0) is 17.9. The topological polar surface area (TPSA) is 105 Å². The standard InChI is InChI=1S/C14H8BrCl2N3O4/c15-8-3-7(13(21)12(4-8)20(23)24)6-18-19-14(22)10-2-1-9(16)5-11(10)17/h1-6,21H,(H,19,22)/b18-6+. The zero-order valence-electron chi connectivity index (χ0n) is 11.7. The first kappa shape index (κ1) is 18.2. The summed E-state index contributed by atoms with van der Waals surface area (Å²) >= 11 is 14.7. The highest BCUT2D eigenvalue weighted by molar-refractivity contribution is 9.10. The van der Waals surface area contributed by atoms with E-state index in [9.17, 15) is 20.0 Å². The Hall–Kier alpha value is -2.16. The number of benzene rings is 2. The minimum atomic E-state index is -0.733. The molecule has 0 spiro atoms. The Morgan fingerprint density at radius 3 is 2.67 bits per heavy atom. The Bertz CT molecular complexity index is 858. The third-order valence-electron chi connectivity index (χ3n) is 2.83. The Labute approximate surface area is 154 Å². The van der Waals surface area contributed by atoms with Crippen LogP contribution in [0.5, 0.6) is 5.75 Å². The second kappa shape index (κ2) is 7.61. The van der Waals surface area contributed by atoms with Crippen LogP contribution in [0.1, 0.15) is 15.9 Å². The molecule has 0 unspecified atom stereocenters. The minimum Gasteiger partial charge on any atom is -0.502 e. The largest absolute Gasteiger partial charge is 0.502 e. The number of halogens is 3. The zero-order valence-corrected chi connectivity index (χ0v) is 14.8. The number of nitrogens with one attached hydrogen (secondary N) is 1. The lowest BCUT2D eigenvalue weighted by Gasteiger charge is -2.04. The molecular weight excluding hydrogens is 425 g/mol. The van der Waals surface area contributed by atoms with Crippen LogP contribution in [0.4, 0.5) is 5.69 Å². The van der Waals surface area contributed by atoms with E-state index in [2.05, 4.69) is 26.5 Å². The number of nitro benzene ring substituents is 1. The summed E-state index contributed by atoms with van der Waals surface area (Å²) in [6.07, 6.45) is 1.08. The van der Waals surface area contributed by atoms with Gasteiger partial charge in [-0.2, -0.15) is 5.10 Å². The molecule has 24 heavy (non-hydrogen) atoms. The predicted molar refractivity (Wildman–Crippen MR) is 94.0 cm³/mol. The first-order valence-electron chi connectivity index (χ1n) is 6.25. The van der Waals surface area contributed by atoms with Crippen LogP contribution in [0, 0.1) is 10.1 Å². The van der Waals surface area contributed by atoms with Gasteiger partial charge in [-0.15, -0.1) is 0 Å². The van der Waals surface area contributed by atoms with Crippen molar-refractivity contribution in [1.29, 1.82) is 0 Å².